The van der Waals surface area contributed by atoms with Gasteiger partial charge in [-0.1, -0.05) is 12.1 Å². The van der Waals surface area contributed by atoms with Crippen LogP contribution < -0.4 is 4.90 Å². The molecule has 0 bridgehead atoms. The number of para-hydroxylation sites is 1. The van der Waals surface area contributed by atoms with Gasteiger partial charge in [0.1, 0.15) is 12.1 Å². The van der Waals surface area contributed by atoms with Crippen LogP contribution in [0.5, 0.6) is 0 Å². The van der Waals surface area contributed by atoms with Gasteiger partial charge in [-0.2, -0.15) is 0 Å². The number of benzene rings is 1. The average Bonchev–Trinajstić information content (AvgIpc) is 2.43. The van der Waals surface area contributed by atoms with E-state index in [1.54, 1.807) is 23.1 Å². The number of non-ortho nitro benzene ring substituents is 1. The van der Waals surface area contributed by atoms with Crippen molar-refractivity contribution < 1.29 is 14.8 Å². The van der Waals surface area contributed by atoms with E-state index < -0.39 is 10.9 Å². The molecule has 0 aliphatic rings. The minimum atomic E-state index is -0.956. The van der Waals surface area contributed by atoms with Gasteiger partial charge in [0.2, 0.25) is 0 Å². The lowest BCUT2D eigenvalue weighted by Gasteiger charge is -2.22. The molecule has 7 nitrogen and oxygen atoms in total. The van der Waals surface area contributed by atoms with Crippen LogP contribution in [0.2, 0.25) is 0 Å². The van der Waals surface area contributed by atoms with Crippen LogP contribution in [0.3, 0.4) is 0 Å². The van der Waals surface area contributed by atoms with Gasteiger partial charge in [0.25, 0.3) is 5.69 Å². The number of aromatic nitrogens is 1. The van der Waals surface area contributed by atoms with E-state index in [0.29, 0.717) is 17.6 Å². The zero-order valence-electron chi connectivity index (χ0n) is 10.8. The molecule has 0 saturated carbocycles. The van der Waals surface area contributed by atoms with Crippen molar-refractivity contribution in [3.8, 4) is 0 Å². The van der Waals surface area contributed by atoms with Gasteiger partial charge in [-0.3, -0.25) is 14.9 Å². The summed E-state index contributed by atoms with van der Waals surface area (Å²) in [5.74, 6) is -0.956. The van der Waals surface area contributed by atoms with Gasteiger partial charge in [0.05, 0.1) is 4.92 Å². The third-order valence-electron chi connectivity index (χ3n) is 2.97. The second kappa shape index (κ2) is 5.52. The van der Waals surface area contributed by atoms with E-state index >= 15 is 0 Å². The number of fused-ring (bicyclic) bond motifs is 1. The molecule has 1 aromatic heterocycles. The van der Waals surface area contributed by atoms with Crippen molar-refractivity contribution in [2.75, 3.05) is 18.0 Å². The lowest BCUT2D eigenvalue weighted by molar-refractivity contribution is -0.383. The maximum atomic E-state index is 11.0. The normalized spacial score (nSPS) is 10.4. The Morgan fingerprint density at radius 2 is 2.20 bits per heavy atom. The Balaban J connectivity index is 2.62. The molecule has 0 radical (unpaired) electrons. The first-order valence-corrected chi connectivity index (χ1v) is 6.03. The standard InChI is InChI=1S/C13H13N3O4/c1-2-15(8-12(17)18)10-6-7-14-13-9(10)4-3-5-11(13)16(19)20/h3-7H,2,8H2,1H3,(H,17,18). The number of aliphatic carboxylic acids is 1. The molecular weight excluding hydrogens is 262 g/mol. The number of nitro groups is 1. The Labute approximate surface area is 114 Å². The number of rotatable bonds is 5. The zero-order chi connectivity index (χ0) is 14.7. The van der Waals surface area contributed by atoms with Crippen LogP contribution in [-0.4, -0.2) is 34.1 Å². The predicted octanol–water partition coefficient (Wildman–Crippen LogP) is 2.05. The minimum absolute atomic E-state index is 0.0873. The zero-order valence-corrected chi connectivity index (χ0v) is 10.8. The number of carboxylic acids is 1. The van der Waals surface area contributed by atoms with Crippen LogP contribution in [0.25, 0.3) is 10.9 Å². The second-order valence-electron chi connectivity index (χ2n) is 4.17. The van der Waals surface area contributed by atoms with Crippen molar-refractivity contribution in [3.63, 3.8) is 0 Å². The lowest BCUT2D eigenvalue weighted by atomic mass is 10.1. The molecule has 0 unspecified atom stereocenters. The fourth-order valence-electron chi connectivity index (χ4n) is 2.10. The Morgan fingerprint density at radius 1 is 1.45 bits per heavy atom. The number of anilines is 1. The molecule has 104 valence electrons. The van der Waals surface area contributed by atoms with Crippen LogP contribution in [-0.2, 0) is 4.79 Å². The van der Waals surface area contributed by atoms with Gasteiger partial charge in [-0.05, 0) is 13.0 Å². The van der Waals surface area contributed by atoms with Gasteiger partial charge < -0.3 is 10.0 Å². The van der Waals surface area contributed by atoms with Crippen molar-refractivity contribution in [1.82, 2.24) is 4.98 Å². The summed E-state index contributed by atoms with van der Waals surface area (Å²) in [4.78, 5) is 27.1. The first kappa shape index (κ1) is 13.7. The lowest BCUT2D eigenvalue weighted by Crippen LogP contribution is -2.29. The first-order valence-electron chi connectivity index (χ1n) is 6.03. The average molecular weight is 275 g/mol. The fraction of sp³-hybridized carbons (Fsp3) is 0.231. The van der Waals surface area contributed by atoms with Crippen molar-refractivity contribution in [2.45, 2.75) is 6.92 Å². The highest BCUT2D eigenvalue weighted by molar-refractivity contribution is 5.97. The fourth-order valence-corrected chi connectivity index (χ4v) is 2.10. The highest BCUT2D eigenvalue weighted by atomic mass is 16.6. The molecule has 0 spiro atoms. The van der Waals surface area contributed by atoms with Crippen LogP contribution in [0.15, 0.2) is 30.5 Å². The summed E-state index contributed by atoms with van der Waals surface area (Å²) in [5, 5.41) is 20.5. The Kier molecular flexibility index (Phi) is 3.79. The molecule has 0 atom stereocenters. The number of nitrogens with zero attached hydrogens (tertiary/aromatic N) is 3. The summed E-state index contributed by atoms with van der Waals surface area (Å²) in [6.45, 7) is 2.14. The summed E-state index contributed by atoms with van der Waals surface area (Å²) < 4.78 is 0. The second-order valence-corrected chi connectivity index (χ2v) is 4.17. The quantitative estimate of drug-likeness (QED) is 0.662. The molecule has 7 heteroatoms. The Bertz CT molecular complexity index is 672. The van der Waals surface area contributed by atoms with Gasteiger partial charge in [-0.25, -0.2) is 4.98 Å². The molecule has 0 amide bonds. The van der Waals surface area contributed by atoms with E-state index in [-0.39, 0.29) is 17.7 Å². The highest BCUT2D eigenvalue weighted by Crippen LogP contribution is 2.30. The molecule has 2 rings (SSSR count). The number of carboxylic acid groups (broad SMARTS) is 1. The van der Waals surface area contributed by atoms with Crippen molar-refractivity contribution in [1.29, 1.82) is 0 Å². The highest BCUT2D eigenvalue weighted by Gasteiger charge is 2.17. The molecule has 20 heavy (non-hydrogen) atoms. The summed E-state index contributed by atoms with van der Waals surface area (Å²) in [6.07, 6.45) is 1.45. The summed E-state index contributed by atoms with van der Waals surface area (Å²) in [6, 6.07) is 6.32. The minimum Gasteiger partial charge on any atom is -0.480 e. The number of carbonyl (C=O) groups is 1. The van der Waals surface area contributed by atoms with Crippen molar-refractivity contribution in [3.05, 3.63) is 40.6 Å². The Hall–Kier alpha value is -2.70. The number of nitro benzene ring substituents is 1. The molecule has 2 aromatic rings. The van der Waals surface area contributed by atoms with E-state index in [1.165, 1.54) is 12.3 Å². The number of likely N-dealkylation sites (N-methyl/N-ethyl adjacent to an activating group) is 1. The van der Waals surface area contributed by atoms with Gasteiger partial charge in [0.15, 0.2) is 0 Å². The summed E-state index contributed by atoms with van der Waals surface area (Å²) >= 11 is 0. The van der Waals surface area contributed by atoms with E-state index in [0.717, 1.165) is 0 Å². The van der Waals surface area contributed by atoms with Crippen LogP contribution >= 0.6 is 0 Å². The van der Waals surface area contributed by atoms with E-state index in [9.17, 15) is 14.9 Å². The molecule has 0 fully saturated rings. The molecule has 1 N–H and O–H groups in total. The smallest absolute Gasteiger partial charge is 0.323 e. The van der Waals surface area contributed by atoms with Gasteiger partial charge in [0, 0.05) is 29.9 Å². The first-order chi connectivity index (χ1) is 9.54. The third-order valence-corrected chi connectivity index (χ3v) is 2.97. The SMILES string of the molecule is CCN(CC(=O)O)c1ccnc2c([N+](=O)[O-])cccc12. The maximum absolute atomic E-state index is 11.0. The van der Waals surface area contributed by atoms with Gasteiger partial charge in [-0.15, -0.1) is 0 Å². The molecule has 1 heterocycles. The van der Waals surface area contributed by atoms with E-state index in [4.69, 9.17) is 5.11 Å². The van der Waals surface area contributed by atoms with E-state index in [2.05, 4.69) is 4.98 Å². The monoisotopic (exact) mass is 275 g/mol. The topological polar surface area (TPSA) is 96.6 Å². The molecule has 0 saturated heterocycles. The van der Waals surface area contributed by atoms with Gasteiger partial charge >= 0.3 is 5.97 Å². The maximum Gasteiger partial charge on any atom is 0.323 e. The molecule has 0 aliphatic carbocycles. The third kappa shape index (κ3) is 2.51. The molecule has 1 aromatic carbocycles. The van der Waals surface area contributed by atoms with Crippen LogP contribution in [0.4, 0.5) is 11.4 Å². The number of pyridine rings is 1. The number of hydrogen-bond donors (Lipinski definition) is 1. The van der Waals surface area contributed by atoms with Crippen molar-refractivity contribution in [2.24, 2.45) is 0 Å². The largest absolute Gasteiger partial charge is 0.480 e. The molecular formula is C13H13N3O4. The van der Waals surface area contributed by atoms with Crippen molar-refractivity contribution >= 4 is 28.2 Å². The van der Waals surface area contributed by atoms with E-state index in [1.807, 2.05) is 6.92 Å². The molecule has 0 aliphatic heterocycles. The van der Waals surface area contributed by atoms with Crippen LogP contribution in [0, 0.1) is 10.1 Å². The summed E-state index contributed by atoms with van der Waals surface area (Å²) in [5.41, 5.74) is 0.804. The number of hydrogen-bond acceptors (Lipinski definition) is 5. The predicted molar refractivity (Wildman–Crippen MR) is 73.9 cm³/mol. The summed E-state index contributed by atoms with van der Waals surface area (Å²) in [7, 11) is 0. The Morgan fingerprint density at radius 3 is 2.80 bits per heavy atom. The van der Waals surface area contributed by atoms with Crippen LogP contribution in [0.1, 0.15) is 6.92 Å².